The van der Waals surface area contributed by atoms with Gasteiger partial charge in [0.05, 0.1) is 16.8 Å². The van der Waals surface area contributed by atoms with E-state index in [0.29, 0.717) is 5.02 Å². The van der Waals surface area contributed by atoms with Crippen LogP contribution in [-0.4, -0.2) is 4.98 Å². The van der Waals surface area contributed by atoms with Crippen LogP contribution in [0.3, 0.4) is 0 Å². The van der Waals surface area contributed by atoms with Gasteiger partial charge in [0.2, 0.25) is 0 Å². The average Bonchev–Trinajstić information content (AvgIpc) is 2.41. The van der Waals surface area contributed by atoms with Crippen LogP contribution in [-0.2, 0) is 5.41 Å². The number of rotatable bonds is 3. The molecule has 0 aliphatic rings. The minimum absolute atomic E-state index is 0.132. The molecule has 1 aromatic heterocycles. The lowest BCUT2D eigenvalue weighted by Crippen LogP contribution is -2.29. The van der Waals surface area contributed by atoms with Gasteiger partial charge >= 0.3 is 0 Å². The number of nitrogens with two attached hydrogens (primary N) is 1. The highest BCUT2D eigenvalue weighted by atomic mass is 35.5. The smallest absolute Gasteiger partial charge is 0.0896 e. The maximum atomic E-state index is 6.19. The first kappa shape index (κ1) is 15.0. The molecule has 0 bridgehead atoms. The molecule has 0 amide bonds. The fourth-order valence-corrected chi connectivity index (χ4v) is 2.35. The predicted molar refractivity (Wildman–Crippen MR) is 83.6 cm³/mol. The van der Waals surface area contributed by atoms with E-state index in [-0.39, 0.29) is 11.5 Å². The van der Waals surface area contributed by atoms with Gasteiger partial charge in [0.1, 0.15) is 0 Å². The minimum atomic E-state index is -0.210. The summed E-state index contributed by atoms with van der Waals surface area (Å²) in [6.07, 6.45) is 1.72. The molecule has 1 heterocycles. The number of nitrogens with one attached hydrogen (secondary N) is 1. The molecular weight excluding hydrogens is 270 g/mol. The van der Waals surface area contributed by atoms with E-state index >= 15 is 0 Å². The number of pyridine rings is 1. The average molecular weight is 290 g/mol. The van der Waals surface area contributed by atoms with E-state index < -0.39 is 0 Å². The molecule has 1 atom stereocenters. The van der Waals surface area contributed by atoms with Crippen LogP contribution in [0.5, 0.6) is 0 Å². The Balaban J connectivity index is 2.36. The van der Waals surface area contributed by atoms with Crippen LogP contribution in [0.25, 0.3) is 0 Å². The van der Waals surface area contributed by atoms with Gasteiger partial charge in [-0.25, -0.2) is 5.43 Å². The second-order valence-electron chi connectivity index (χ2n) is 5.84. The molecule has 1 aromatic carbocycles. The quantitative estimate of drug-likeness (QED) is 0.671. The van der Waals surface area contributed by atoms with Crippen molar-refractivity contribution in [3.63, 3.8) is 0 Å². The molecule has 1 unspecified atom stereocenters. The molecule has 4 heteroatoms. The van der Waals surface area contributed by atoms with Gasteiger partial charge in [0.25, 0.3) is 0 Å². The van der Waals surface area contributed by atoms with Crippen molar-refractivity contribution in [2.75, 3.05) is 0 Å². The third kappa shape index (κ3) is 3.18. The number of hydrogen-bond donors (Lipinski definition) is 2. The van der Waals surface area contributed by atoms with Crippen LogP contribution in [0.2, 0.25) is 5.02 Å². The molecule has 0 fully saturated rings. The Morgan fingerprint density at radius 2 is 1.80 bits per heavy atom. The summed E-state index contributed by atoms with van der Waals surface area (Å²) in [4.78, 5) is 4.32. The maximum absolute atomic E-state index is 6.19. The van der Waals surface area contributed by atoms with Crippen molar-refractivity contribution in [3.8, 4) is 0 Å². The zero-order valence-electron chi connectivity index (χ0n) is 12.0. The number of benzene rings is 1. The van der Waals surface area contributed by atoms with Crippen LogP contribution in [0.1, 0.15) is 43.6 Å². The molecule has 3 N–H and O–H groups in total. The van der Waals surface area contributed by atoms with Gasteiger partial charge < -0.3 is 0 Å². The van der Waals surface area contributed by atoms with Crippen molar-refractivity contribution >= 4 is 11.6 Å². The van der Waals surface area contributed by atoms with E-state index in [9.17, 15) is 0 Å². The van der Waals surface area contributed by atoms with Gasteiger partial charge in [-0.2, -0.15) is 0 Å². The predicted octanol–water partition coefficient (Wildman–Crippen LogP) is 3.59. The zero-order valence-corrected chi connectivity index (χ0v) is 12.8. The van der Waals surface area contributed by atoms with Crippen LogP contribution < -0.4 is 11.3 Å². The second-order valence-corrected chi connectivity index (χ2v) is 6.25. The molecule has 2 aromatic rings. The van der Waals surface area contributed by atoms with Crippen molar-refractivity contribution in [2.45, 2.75) is 32.2 Å². The van der Waals surface area contributed by atoms with Gasteiger partial charge in [0, 0.05) is 6.20 Å². The van der Waals surface area contributed by atoms with E-state index in [1.165, 1.54) is 5.56 Å². The molecule has 0 radical (unpaired) electrons. The first-order valence-electron chi connectivity index (χ1n) is 6.60. The van der Waals surface area contributed by atoms with Gasteiger partial charge in [-0.15, -0.1) is 0 Å². The number of halogens is 1. The van der Waals surface area contributed by atoms with Gasteiger partial charge in [-0.1, -0.05) is 56.6 Å². The highest BCUT2D eigenvalue weighted by Crippen LogP contribution is 2.28. The summed E-state index contributed by atoms with van der Waals surface area (Å²) in [7, 11) is 0. The van der Waals surface area contributed by atoms with Gasteiger partial charge in [-0.05, 0) is 28.7 Å². The summed E-state index contributed by atoms with van der Waals surface area (Å²) in [5, 5.41) is 0.607. The number of nitrogens with zero attached hydrogens (tertiary/aromatic N) is 1. The molecule has 0 saturated carbocycles. The standard InChI is InChI=1S/C16H20ClN3/c1-16(2,3)12-8-6-11(7-9-12)14(20-18)15-13(17)5-4-10-19-15/h4-10,14,20H,18H2,1-3H3. The monoisotopic (exact) mass is 289 g/mol. The molecule has 20 heavy (non-hydrogen) atoms. The molecule has 0 aliphatic carbocycles. The highest BCUT2D eigenvalue weighted by Gasteiger charge is 2.18. The molecule has 106 valence electrons. The lowest BCUT2D eigenvalue weighted by molar-refractivity contribution is 0.587. The lowest BCUT2D eigenvalue weighted by atomic mass is 9.86. The summed E-state index contributed by atoms with van der Waals surface area (Å²) in [5.41, 5.74) is 5.98. The van der Waals surface area contributed by atoms with Gasteiger partial charge in [0.15, 0.2) is 0 Å². The van der Waals surface area contributed by atoms with Crippen LogP contribution in [0.15, 0.2) is 42.6 Å². The number of hydrogen-bond acceptors (Lipinski definition) is 3. The van der Waals surface area contributed by atoms with Gasteiger partial charge in [-0.3, -0.25) is 10.8 Å². The van der Waals surface area contributed by atoms with Crippen LogP contribution >= 0.6 is 11.6 Å². The van der Waals surface area contributed by atoms with Crippen LogP contribution in [0, 0.1) is 0 Å². The fraction of sp³-hybridized carbons (Fsp3) is 0.312. The van der Waals surface area contributed by atoms with Crippen molar-refractivity contribution < 1.29 is 0 Å². The number of hydrazine groups is 1. The summed E-state index contributed by atoms with van der Waals surface area (Å²) in [6, 6.07) is 11.8. The third-order valence-electron chi connectivity index (χ3n) is 3.34. The van der Waals surface area contributed by atoms with Crippen molar-refractivity contribution in [3.05, 3.63) is 64.4 Å². The number of aromatic nitrogens is 1. The SMILES string of the molecule is CC(C)(C)c1ccc(C(NN)c2ncccc2Cl)cc1. The summed E-state index contributed by atoms with van der Waals surface area (Å²) in [6.45, 7) is 6.57. The zero-order chi connectivity index (χ0) is 14.8. The second kappa shape index (κ2) is 5.92. The summed E-state index contributed by atoms with van der Waals surface area (Å²) in [5.74, 6) is 5.68. The van der Waals surface area contributed by atoms with E-state index in [0.717, 1.165) is 11.3 Å². The Morgan fingerprint density at radius 1 is 1.15 bits per heavy atom. The van der Waals surface area contributed by atoms with Crippen molar-refractivity contribution in [1.29, 1.82) is 0 Å². The first-order chi connectivity index (χ1) is 9.43. The fourth-order valence-electron chi connectivity index (χ4n) is 2.12. The topological polar surface area (TPSA) is 50.9 Å². The summed E-state index contributed by atoms with van der Waals surface area (Å²) < 4.78 is 0. The Labute approximate surface area is 125 Å². The maximum Gasteiger partial charge on any atom is 0.0896 e. The molecule has 2 rings (SSSR count). The lowest BCUT2D eigenvalue weighted by Gasteiger charge is -2.21. The van der Waals surface area contributed by atoms with E-state index in [4.69, 9.17) is 17.4 Å². The third-order valence-corrected chi connectivity index (χ3v) is 3.66. The first-order valence-corrected chi connectivity index (χ1v) is 6.98. The molecule has 0 spiro atoms. The van der Waals surface area contributed by atoms with E-state index in [2.05, 4.69) is 55.4 Å². The summed E-state index contributed by atoms with van der Waals surface area (Å²) >= 11 is 6.19. The Kier molecular flexibility index (Phi) is 4.43. The largest absolute Gasteiger partial charge is 0.271 e. The van der Waals surface area contributed by atoms with E-state index in [1.54, 1.807) is 6.20 Å². The highest BCUT2D eigenvalue weighted by molar-refractivity contribution is 6.31. The Morgan fingerprint density at radius 3 is 2.30 bits per heavy atom. The van der Waals surface area contributed by atoms with Crippen molar-refractivity contribution in [1.82, 2.24) is 10.4 Å². The van der Waals surface area contributed by atoms with E-state index in [1.807, 2.05) is 12.1 Å². The normalized spacial score (nSPS) is 13.2. The van der Waals surface area contributed by atoms with Crippen molar-refractivity contribution in [2.24, 2.45) is 5.84 Å². The Hall–Kier alpha value is -1.42. The molecule has 0 aliphatic heterocycles. The molecule has 3 nitrogen and oxygen atoms in total. The molecule has 0 saturated heterocycles. The molecular formula is C16H20ClN3. The van der Waals surface area contributed by atoms with Crippen LogP contribution in [0.4, 0.5) is 0 Å². The Bertz CT molecular complexity index is 573. The minimum Gasteiger partial charge on any atom is -0.271 e.